The molecule has 0 aliphatic rings. The Hall–Kier alpha value is -2.17. The number of amides is 1. The van der Waals surface area contributed by atoms with E-state index in [-0.39, 0.29) is 18.3 Å². The summed E-state index contributed by atoms with van der Waals surface area (Å²) in [5, 5.41) is 4.01. The zero-order valence-corrected chi connectivity index (χ0v) is 12.8. The Morgan fingerprint density at radius 1 is 1.24 bits per heavy atom. The van der Waals surface area contributed by atoms with Gasteiger partial charge in [-0.25, -0.2) is 5.43 Å². The maximum atomic E-state index is 11.8. The lowest BCUT2D eigenvalue weighted by atomic mass is 10.0. The van der Waals surface area contributed by atoms with Crippen LogP contribution in [0.25, 0.3) is 0 Å². The molecule has 0 heterocycles. The molecule has 5 nitrogen and oxygen atoms in total. The van der Waals surface area contributed by atoms with E-state index in [1.54, 1.807) is 13.8 Å². The highest BCUT2D eigenvalue weighted by Gasteiger charge is 2.21. The van der Waals surface area contributed by atoms with E-state index in [0.717, 1.165) is 5.56 Å². The third-order valence-corrected chi connectivity index (χ3v) is 3.05. The highest BCUT2D eigenvalue weighted by molar-refractivity contribution is 6.01. The lowest BCUT2D eigenvalue weighted by molar-refractivity contribution is -0.145. The first-order chi connectivity index (χ1) is 10.1. The van der Waals surface area contributed by atoms with Crippen LogP contribution in [-0.4, -0.2) is 24.2 Å². The van der Waals surface area contributed by atoms with E-state index < -0.39 is 5.92 Å². The van der Waals surface area contributed by atoms with Crippen LogP contribution in [0.5, 0.6) is 0 Å². The average Bonchev–Trinajstić information content (AvgIpc) is 2.47. The Morgan fingerprint density at radius 2 is 1.90 bits per heavy atom. The molecule has 0 bridgehead atoms. The van der Waals surface area contributed by atoms with Gasteiger partial charge in [0, 0.05) is 5.71 Å². The van der Waals surface area contributed by atoms with Crippen LogP contribution >= 0.6 is 0 Å². The number of benzene rings is 1. The van der Waals surface area contributed by atoms with E-state index in [1.165, 1.54) is 0 Å². The Bertz CT molecular complexity index is 498. The normalized spacial score (nSPS) is 12.6. The van der Waals surface area contributed by atoms with Gasteiger partial charge in [-0.2, -0.15) is 5.10 Å². The van der Waals surface area contributed by atoms with Gasteiger partial charge in [-0.3, -0.25) is 9.59 Å². The van der Waals surface area contributed by atoms with Gasteiger partial charge in [0.15, 0.2) is 0 Å². The number of hydrogen-bond donors (Lipinski definition) is 1. The first-order valence-corrected chi connectivity index (χ1v) is 7.12. The van der Waals surface area contributed by atoms with Gasteiger partial charge >= 0.3 is 5.97 Å². The van der Waals surface area contributed by atoms with Crippen LogP contribution in [0.2, 0.25) is 0 Å². The fraction of sp³-hybridized carbons (Fsp3) is 0.438. The van der Waals surface area contributed by atoms with Crippen molar-refractivity contribution in [3.63, 3.8) is 0 Å². The van der Waals surface area contributed by atoms with Crippen molar-refractivity contribution in [2.45, 2.75) is 33.6 Å². The van der Waals surface area contributed by atoms with Crippen molar-refractivity contribution >= 4 is 17.6 Å². The molecule has 1 aromatic rings. The number of ether oxygens (including phenoxy) is 1. The van der Waals surface area contributed by atoms with Crippen molar-refractivity contribution in [3.8, 4) is 0 Å². The van der Waals surface area contributed by atoms with E-state index >= 15 is 0 Å². The molecule has 1 rings (SSSR count). The third kappa shape index (κ3) is 5.77. The summed E-state index contributed by atoms with van der Waals surface area (Å²) in [7, 11) is 0. The van der Waals surface area contributed by atoms with Gasteiger partial charge in [0.2, 0.25) is 5.91 Å². The summed E-state index contributed by atoms with van der Waals surface area (Å²) >= 11 is 0. The van der Waals surface area contributed by atoms with Crippen molar-refractivity contribution in [1.82, 2.24) is 5.43 Å². The summed E-state index contributed by atoms with van der Waals surface area (Å²) in [5.74, 6) is -0.931. The Kier molecular flexibility index (Phi) is 7.15. The molecule has 21 heavy (non-hydrogen) atoms. The van der Waals surface area contributed by atoms with Crippen molar-refractivity contribution in [2.24, 2.45) is 11.0 Å². The first-order valence-electron chi connectivity index (χ1n) is 7.12. The van der Waals surface area contributed by atoms with Crippen molar-refractivity contribution in [3.05, 3.63) is 35.9 Å². The standard InChI is InChI=1S/C16H22N2O3/c1-4-14(16(20)21-5-2)12(3)17-18-15(19)11-13-9-7-6-8-10-13/h6-10,14H,4-5,11H2,1-3H3,(H,18,19)/b17-12+/t14-/m1/s1. The molecule has 0 aromatic heterocycles. The minimum atomic E-state index is -0.415. The molecular weight excluding hydrogens is 268 g/mol. The summed E-state index contributed by atoms with van der Waals surface area (Å²) < 4.78 is 4.99. The molecule has 0 spiro atoms. The SMILES string of the molecule is CCOC(=O)[C@H](CC)/C(C)=N/NC(=O)Cc1ccccc1. The van der Waals surface area contributed by atoms with Gasteiger partial charge in [-0.15, -0.1) is 0 Å². The highest BCUT2D eigenvalue weighted by atomic mass is 16.5. The highest BCUT2D eigenvalue weighted by Crippen LogP contribution is 2.08. The van der Waals surface area contributed by atoms with Crippen molar-refractivity contribution in [1.29, 1.82) is 0 Å². The van der Waals surface area contributed by atoms with Gasteiger partial charge in [-0.05, 0) is 25.8 Å². The Balaban J connectivity index is 2.57. The number of carbonyl (C=O) groups excluding carboxylic acids is 2. The lowest BCUT2D eigenvalue weighted by Crippen LogP contribution is -2.28. The minimum Gasteiger partial charge on any atom is -0.465 e. The van der Waals surface area contributed by atoms with E-state index in [2.05, 4.69) is 10.5 Å². The van der Waals surface area contributed by atoms with E-state index in [9.17, 15) is 9.59 Å². The van der Waals surface area contributed by atoms with Gasteiger partial charge in [0.05, 0.1) is 18.9 Å². The molecular formula is C16H22N2O3. The largest absolute Gasteiger partial charge is 0.465 e. The molecule has 0 unspecified atom stereocenters. The van der Waals surface area contributed by atoms with Crippen molar-refractivity contribution < 1.29 is 14.3 Å². The second-order valence-corrected chi connectivity index (χ2v) is 4.66. The van der Waals surface area contributed by atoms with Crippen LogP contribution < -0.4 is 5.43 Å². The number of esters is 1. The summed E-state index contributed by atoms with van der Waals surface area (Å²) in [4.78, 5) is 23.5. The van der Waals surface area contributed by atoms with E-state index in [1.807, 2.05) is 37.3 Å². The van der Waals surface area contributed by atoms with Crippen LogP contribution in [0.1, 0.15) is 32.8 Å². The summed E-state index contributed by atoms with van der Waals surface area (Å²) in [6.45, 7) is 5.70. The summed E-state index contributed by atoms with van der Waals surface area (Å²) in [6, 6.07) is 9.41. The summed E-state index contributed by atoms with van der Waals surface area (Å²) in [6.07, 6.45) is 0.844. The van der Waals surface area contributed by atoms with Crippen LogP contribution in [0.4, 0.5) is 0 Å². The summed E-state index contributed by atoms with van der Waals surface area (Å²) in [5.41, 5.74) is 3.95. The molecule has 1 amide bonds. The van der Waals surface area contributed by atoms with Gasteiger partial charge in [0.25, 0.3) is 0 Å². The Morgan fingerprint density at radius 3 is 2.48 bits per heavy atom. The van der Waals surface area contributed by atoms with E-state index in [0.29, 0.717) is 18.7 Å². The van der Waals surface area contributed by atoms with Crippen molar-refractivity contribution in [2.75, 3.05) is 6.61 Å². The van der Waals surface area contributed by atoms with Crippen LogP contribution in [0.3, 0.4) is 0 Å². The first kappa shape index (κ1) is 16.9. The molecule has 1 aromatic carbocycles. The fourth-order valence-corrected chi connectivity index (χ4v) is 1.92. The molecule has 0 fully saturated rings. The fourth-order valence-electron chi connectivity index (χ4n) is 1.92. The molecule has 0 radical (unpaired) electrons. The molecule has 114 valence electrons. The molecule has 0 aliphatic heterocycles. The monoisotopic (exact) mass is 290 g/mol. The number of carbonyl (C=O) groups is 2. The quantitative estimate of drug-likeness (QED) is 0.476. The predicted molar refractivity (Wildman–Crippen MR) is 81.8 cm³/mol. The topological polar surface area (TPSA) is 67.8 Å². The molecule has 5 heteroatoms. The molecule has 1 atom stereocenters. The number of hydrogen-bond acceptors (Lipinski definition) is 4. The number of hydrazone groups is 1. The molecule has 0 saturated carbocycles. The Labute approximate surface area is 125 Å². The second-order valence-electron chi connectivity index (χ2n) is 4.66. The average molecular weight is 290 g/mol. The molecule has 1 N–H and O–H groups in total. The number of nitrogens with zero attached hydrogens (tertiary/aromatic N) is 1. The maximum absolute atomic E-state index is 11.8. The minimum absolute atomic E-state index is 0.209. The molecule has 0 saturated heterocycles. The third-order valence-electron chi connectivity index (χ3n) is 3.05. The van der Waals surface area contributed by atoms with Crippen LogP contribution in [0.15, 0.2) is 35.4 Å². The molecule has 0 aliphatic carbocycles. The lowest BCUT2D eigenvalue weighted by Gasteiger charge is -2.13. The predicted octanol–water partition coefficient (Wildman–Crippen LogP) is 2.31. The zero-order chi connectivity index (χ0) is 15.7. The van der Waals surface area contributed by atoms with Crippen LogP contribution in [0, 0.1) is 5.92 Å². The maximum Gasteiger partial charge on any atom is 0.314 e. The van der Waals surface area contributed by atoms with Gasteiger partial charge in [-0.1, -0.05) is 37.3 Å². The van der Waals surface area contributed by atoms with E-state index in [4.69, 9.17) is 4.74 Å². The van der Waals surface area contributed by atoms with Crippen LogP contribution in [-0.2, 0) is 20.7 Å². The van der Waals surface area contributed by atoms with Gasteiger partial charge in [0.1, 0.15) is 0 Å². The van der Waals surface area contributed by atoms with Gasteiger partial charge < -0.3 is 4.74 Å². The number of rotatable bonds is 7. The number of nitrogens with one attached hydrogen (secondary N) is 1. The zero-order valence-electron chi connectivity index (χ0n) is 12.8. The smallest absolute Gasteiger partial charge is 0.314 e. The second kappa shape index (κ2) is 8.89.